The standard InChI is InChI=1S/C24H35N3O5/c1-6-32-13-7-12-25-24(26-16-18-8-10-20(28-2)11-9-18)27-17-19-14-22(30-4)23(31-5)15-21(19)29-3/h8-11,14-15H,6-7,12-13,16-17H2,1-5H3,(H2,25,26,27). The molecule has 2 rings (SSSR count). The van der Waals surface area contributed by atoms with Crippen LogP contribution in [0, 0.1) is 0 Å². The first kappa shape index (κ1) is 25.1. The smallest absolute Gasteiger partial charge is 0.191 e. The molecule has 0 bridgehead atoms. The second-order valence-electron chi connectivity index (χ2n) is 6.86. The van der Waals surface area contributed by atoms with Crippen molar-refractivity contribution in [3.05, 3.63) is 47.5 Å². The predicted octanol–water partition coefficient (Wildman–Crippen LogP) is 3.38. The lowest BCUT2D eigenvalue weighted by atomic mass is 10.1. The fourth-order valence-electron chi connectivity index (χ4n) is 3.01. The Kier molecular flexibility index (Phi) is 11.0. The zero-order chi connectivity index (χ0) is 23.2. The van der Waals surface area contributed by atoms with E-state index in [0.29, 0.717) is 42.9 Å². The Morgan fingerprint density at radius 2 is 1.53 bits per heavy atom. The highest BCUT2D eigenvalue weighted by Crippen LogP contribution is 2.34. The van der Waals surface area contributed by atoms with Crippen molar-refractivity contribution in [1.82, 2.24) is 10.6 Å². The number of hydrogen-bond donors (Lipinski definition) is 2. The first-order valence-corrected chi connectivity index (χ1v) is 10.7. The zero-order valence-corrected chi connectivity index (χ0v) is 19.7. The van der Waals surface area contributed by atoms with E-state index in [4.69, 9.17) is 28.7 Å². The van der Waals surface area contributed by atoms with Crippen LogP contribution in [-0.2, 0) is 17.8 Å². The van der Waals surface area contributed by atoms with Crippen LogP contribution >= 0.6 is 0 Å². The van der Waals surface area contributed by atoms with Crippen molar-refractivity contribution < 1.29 is 23.7 Å². The van der Waals surface area contributed by atoms with Crippen LogP contribution in [0.2, 0.25) is 0 Å². The monoisotopic (exact) mass is 445 g/mol. The van der Waals surface area contributed by atoms with Crippen molar-refractivity contribution in [3.63, 3.8) is 0 Å². The zero-order valence-electron chi connectivity index (χ0n) is 19.7. The summed E-state index contributed by atoms with van der Waals surface area (Å²) >= 11 is 0. The Morgan fingerprint density at radius 3 is 2.16 bits per heavy atom. The van der Waals surface area contributed by atoms with E-state index in [1.807, 2.05) is 43.3 Å². The molecule has 0 aliphatic carbocycles. The summed E-state index contributed by atoms with van der Waals surface area (Å²) in [5.41, 5.74) is 2.02. The molecule has 0 atom stereocenters. The summed E-state index contributed by atoms with van der Waals surface area (Å²) < 4.78 is 27.0. The van der Waals surface area contributed by atoms with Crippen LogP contribution in [-0.4, -0.2) is 54.2 Å². The maximum atomic E-state index is 5.53. The van der Waals surface area contributed by atoms with Gasteiger partial charge in [-0.25, -0.2) is 4.99 Å². The topological polar surface area (TPSA) is 82.6 Å². The minimum atomic E-state index is 0.503. The lowest BCUT2D eigenvalue weighted by Crippen LogP contribution is -2.38. The first-order valence-electron chi connectivity index (χ1n) is 10.7. The molecule has 0 aromatic heterocycles. The molecule has 8 heteroatoms. The Morgan fingerprint density at radius 1 is 0.844 bits per heavy atom. The summed E-state index contributed by atoms with van der Waals surface area (Å²) in [6.45, 7) is 5.20. The Labute approximate surface area is 190 Å². The molecule has 0 aliphatic heterocycles. The molecule has 0 heterocycles. The molecule has 0 radical (unpaired) electrons. The van der Waals surface area contributed by atoms with Crippen molar-refractivity contribution >= 4 is 5.96 Å². The molecule has 0 spiro atoms. The number of aliphatic imine (C=N–C) groups is 1. The van der Waals surface area contributed by atoms with Crippen molar-refractivity contribution in [3.8, 4) is 23.0 Å². The van der Waals surface area contributed by atoms with E-state index in [2.05, 4.69) is 10.6 Å². The molecular weight excluding hydrogens is 410 g/mol. The fraction of sp³-hybridized carbons (Fsp3) is 0.458. The summed E-state index contributed by atoms with van der Waals surface area (Å²) in [5.74, 6) is 3.50. The van der Waals surface area contributed by atoms with E-state index < -0.39 is 0 Å². The third-order valence-electron chi connectivity index (χ3n) is 4.77. The number of guanidine groups is 1. The van der Waals surface area contributed by atoms with Crippen LogP contribution in [0.15, 0.2) is 41.4 Å². The molecule has 8 nitrogen and oxygen atoms in total. The van der Waals surface area contributed by atoms with Gasteiger partial charge < -0.3 is 34.3 Å². The summed E-state index contributed by atoms with van der Waals surface area (Å²) in [6.07, 6.45) is 0.886. The Balaban J connectivity index is 2.10. The number of ether oxygens (including phenoxy) is 5. The number of hydrogen-bond acceptors (Lipinski definition) is 6. The second kappa shape index (κ2) is 14.0. The third kappa shape index (κ3) is 7.85. The van der Waals surface area contributed by atoms with Gasteiger partial charge in [0.1, 0.15) is 11.5 Å². The average molecular weight is 446 g/mol. The molecule has 0 fully saturated rings. The van der Waals surface area contributed by atoms with Crippen LogP contribution < -0.4 is 29.6 Å². The molecule has 0 saturated carbocycles. The predicted molar refractivity (Wildman–Crippen MR) is 126 cm³/mol. The van der Waals surface area contributed by atoms with E-state index >= 15 is 0 Å². The number of methoxy groups -OCH3 is 4. The van der Waals surface area contributed by atoms with Gasteiger partial charge in [0.25, 0.3) is 0 Å². The maximum Gasteiger partial charge on any atom is 0.191 e. The summed E-state index contributed by atoms with van der Waals surface area (Å²) in [7, 11) is 6.51. The van der Waals surface area contributed by atoms with Gasteiger partial charge in [-0.15, -0.1) is 0 Å². The minimum Gasteiger partial charge on any atom is -0.497 e. The lowest BCUT2D eigenvalue weighted by Gasteiger charge is -2.17. The van der Waals surface area contributed by atoms with Gasteiger partial charge in [0.2, 0.25) is 0 Å². The Hall–Kier alpha value is -3.13. The molecular formula is C24H35N3O5. The number of benzene rings is 2. The van der Waals surface area contributed by atoms with Gasteiger partial charge in [0.15, 0.2) is 17.5 Å². The first-order chi connectivity index (χ1) is 15.6. The van der Waals surface area contributed by atoms with Gasteiger partial charge in [-0.05, 0) is 37.1 Å². The normalized spacial score (nSPS) is 11.1. The van der Waals surface area contributed by atoms with E-state index in [1.165, 1.54) is 0 Å². The molecule has 0 saturated heterocycles. The van der Waals surface area contributed by atoms with Gasteiger partial charge in [0, 0.05) is 37.9 Å². The van der Waals surface area contributed by atoms with Crippen LogP contribution in [0.25, 0.3) is 0 Å². The van der Waals surface area contributed by atoms with E-state index in [1.54, 1.807) is 28.4 Å². The highest BCUT2D eigenvalue weighted by atomic mass is 16.5. The summed E-state index contributed by atoms with van der Waals surface area (Å²) in [4.78, 5) is 4.73. The molecule has 0 aliphatic rings. The van der Waals surface area contributed by atoms with E-state index in [0.717, 1.165) is 36.4 Å². The molecule has 2 aromatic rings. The molecule has 0 amide bonds. The van der Waals surface area contributed by atoms with Crippen molar-refractivity contribution in [1.29, 1.82) is 0 Å². The maximum absolute atomic E-state index is 5.53. The van der Waals surface area contributed by atoms with Gasteiger partial charge >= 0.3 is 0 Å². The number of nitrogens with zero attached hydrogens (tertiary/aromatic N) is 1. The minimum absolute atomic E-state index is 0.503. The number of nitrogens with one attached hydrogen (secondary N) is 2. The summed E-state index contributed by atoms with van der Waals surface area (Å²) in [6, 6.07) is 11.6. The molecule has 176 valence electrons. The Bertz CT molecular complexity index is 840. The van der Waals surface area contributed by atoms with Crippen LogP contribution in [0.5, 0.6) is 23.0 Å². The van der Waals surface area contributed by atoms with Crippen molar-refractivity contribution in [2.45, 2.75) is 26.4 Å². The fourth-order valence-corrected chi connectivity index (χ4v) is 3.01. The van der Waals surface area contributed by atoms with Crippen LogP contribution in [0.3, 0.4) is 0 Å². The second-order valence-corrected chi connectivity index (χ2v) is 6.86. The number of rotatable bonds is 13. The molecule has 2 aromatic carbocycles. The van der Waals surface area contributed by atoms with E-state index in [-0.39, 0.29) is 0 Å². The van der Waals surface area contributed by atoms with Crippen molar-refractivity contribution in [2.24, 2.45) is 4.99 Å². The molecule has 32 heavy (non-hydrogen) atoms. The highest BCUT2D eigenvalue weighted by molar-refractivity contribution is 5.79. The summed E-state index contributed by atoms with van der Waals surface area (Å²) in [5, 5.41) is 6.75. The SMILES string of the molecule is CCOCCCNC(=NCc1ccc(OC)cc1)NCc1cc(OC)c(OC)cc1OC. The highest BCUT2D eigenvalue weighted by Gasteiger charge is 2.12. The van der Waals surface area contributed by atoms with Gasteiger partial charge in [0.05, 0.1) is 35.0 Å². The van der Waals surface area contributed by atoms with E-state index in [9.17, 15) is 0 Å². The molecule has 2 N–H and O–H groups in total. The van der Waals surface area contributed by atoms with Gasteiger partial charge in [-0.2, -0.15) is 0 Å². The van der Waals surface area contributed by atoms with Crippen LogP contribution in [0.4, 0.5) is 0 Å². The van der Waals surface area contributed by atoms with Crippen LogP contribution in [0.1, 0.15) is 24.5 Å². The quantitative estimate of drug-likeness (QED) is 0.278. The van der Waals surface area contributed by atoms with Crippen molar-refractivity contribution in [2.75, 3.05) is 48.2 Å². The third-order valence-corrected chi connectivity index (χ3v) is 4.77. The average Bonchev–Trinajstić information content (AvgIpc) is 2.84. The lowest BCUT2D eigenvalue weighted by molar-refractivity contribution is 0.145. The molecule has 0 unspecified atom stereocenters. The van der Waals surface area contributed by atoms with Gasteiger partial charge in [-0.1, -0.05) is 12.1 Å². The largest absolute Gasteiger partial charge is 0.497 e. The van der Waals surface area contributed by atoms with Gasteiger partial charge in [-0.3, -0.25) is 0 Å².